The summed E-state index contributed by atoms with van der Waals surface area (Å²) in [6.07, 6.45) is -0.978. The normalized spacial score (nSPS) is 13.9. The minimum Gasteiger partial charge on any atom is -0.387 e. The van der Waals surface area contributed by atoms with E-state index in [0.717, 1.165) is 5.56 Å². The maximum atomic E-state index is 11.7. The number of nitrogens with two attached hydrogens (primary N) is 1. The Bertz CT molecular complexity index is 451. The molecule has 0 saturated heterocycles. The molecular formula is C12H19NO3S. The summed E-state index contributed by atoms with van der Waals surface area (Å²) < 4.78 is 23.3. The van der Waals surface area contributed by atoms with E-state index in [1.165, 1.54) is 0 Å². The lowest BCUT2D eigenvalue weighted by molar-refractivity contribution is 0.201. The van der Waals surface area contributed by atoms with E-state index < -0.39 is 21.2 Å². The van der Waals surface area contributed by atoms with Gasteiger partial charge >= 0.3 is 0 Å². The van der Waals surface area contributed by atoms with E-state index in [1.807, 2.05) is 0 Å². The van der Waals surface area contributed by atoms with Crippen molar-refractivity contribution < 1.29 is 13.5 Å². The summed E-state index contributed by atoms with van der Waals surface area (Å²) in [4.78, 5) is 0. The Morgan fingerprint density at radius 1 is 1.24 bits per heavy atom. The van der Waals surface area contributed by atoms with Crippen molar-refractivity contribution in [1.29, 1.82) is 0 Å². The van der Waals surface area contributed by atoms with Crippen molar-refractivity contribution in [2.24, 2.45) is 5.73 Å². The molecule has 5 heteroatoms. The van der Waals surface area contributed by atoms with Gasteiger partial charge in [0.25, 0.3) is 0 Å². The van der Waals surface area contributed by atoms with Gasteiger partial charge in [0.1, 0.15) is 0 Å². The molecule has 17 heavy (non-hydrogen) atoms. The standard InChI is InChI=1S/C12H19NO3S/c1-9(2)17(15,16)8-12(14)11-5-3-10(7-13)4-6-11/h3-6,9,12,14H,7-8,13H2,1-2H3. The summed E-state index contributed by atoms with van der Waals surface area (Å²) in [5, 5.41) is 9.39. The van der Waals surface area contributed by atoms with Crippen LogP contribution in [0.15, 0.2) is 24.3 Å². The highest BCUT2D eigenvalue weighted by Crippen LogP contribution is 2.17. The summed E-state index contributed by atoms with van der Waals surface area (Å²) in [7, 11) is -3.24. The molecule has 0 amide bonds. The van der Waals surface area contributed by atoms with Crippen LogP contribution in [0.1, 0.15) is 31.1 Å². The maximum Gasteiger partial charge on any atom is 0.155 e. The Labute approximate surface area is 102 Å². The van der Waals surface area contributed by atoms with Gasteiger partial charge in [0.15, 0.2) is 9.84 Å². The van der Waals surface area contributed by atoms with Crippen LogP contribution in [0, 0.1) is 0 Å². The van der Waals surface area contributed by atoms with Crippen molar-refractivity contribution in [3.05, 3.63) is 35.4 Å². The number of sulfone groups is 1. The fraction of sp³-hybridized carbons (Fsp3) is 0.500. The van der Waals surface area contributed by atoms with Crippen LogP contribution in [-0.4, -0.2) is 24.5 Å². The van der Waals surface area contributed by atoms with E-state index in [2.05, 4.69) is 0 Å². The van der Waals surface area contributed by atoms with Crippen LogP contribution in [-0.2, 0) is 16.4 Å². The molecule has 0 radical (unpaired) electrons. The zero-order valence-corrected chi connectivity index (χ0v) is 10.9. The van der Waals surface area contributed by atoms with Crippen LogP contribution in [0.2, 0.25) is 0 Å². The molecule has 0 saturated carbocycles. The molecule has 4 nitrogen and oxygen atoms in total. The lowest BCUT2D eigenvalue weighted by atomic mass is 10.1. The molecule has 1 aromatic carbocycles. The molecule has 0 bridgehead atoms. The Balaban J connectivity index is 2.80. The highest BCUT2D eigenvalue weighted by atomic mass is 32.2. The second-order valence-electron chi connectivity index (χ2n) is 4.34. The topological polar surface area (TPSA) is 80.4 Å². The van der Waals surface area contributed by atoms with Gasteiger partial charge in [-0.25, -0.2) is 8.42 Å². The maximum absolute atomic E-state index is 11.7. The zero-order chi connectivity index (χ0) is 13.1. The van der Waals surface area contributed by atoms with Gasteiger partial charge in [-0.2, -0.15) is 0 Å². The number of benzene rings is 1. The molecule has 0 aliphatic rings. The van der Waals surface area contributed by atoms with Crippen LogP contribution in [0.25, 0.3) is 0 Å². The lowest BCUT2D eigenvalue weighted by Gasteiger charge is -2.14. The third-order valence-electron chi connectivity index (χ3n) is 2.71. The first-order valence-electron chi connectivity index (χ1n) is 5.55. The Hall–Kier alpha value is -0.910. The van der Waals surface area contributed by atoms with Crippen LogP contribution in [0.4, 0.5) is 0 Å². The van der Waals surface area contributed by atoms with Crippen molar-refractivity contribution in [1.82, 2.24) is 0 Å². The largest absolute Gasteiger partial charge is 0.387 e. The molecule has 0 spiro atoms. The van der Waals surface area contributed by atoms with Gasteiger partial charge in [-0.3, -0.25) is 0 Å². The van der Waals surface area contributed by atoms with Gasteiger partial charge in [-0.1, -0.05) is 24.3 Å². The second kappa shape index (κ2) is 5.62. The third-order valence-corrected chi connectivity index (χ3v) is 4.93. The van der Waals surface area contributed by atoms with Gasteiger partial charge in [-0.05, 0) is 25.0 Å². The summed E-state index contributed by atoms with van der Waals surface area (Å²) in [5.74, 6) is -0.243. The molecule has 0 aromatic heterocycles. The van der Waals surface area contributed by atoms with Crippen molar-refractivity contribution in [3.8, 4) is 0 Å². The molecule has 0 aliphatic heterocycles. The Morgan fingerprint density at radius 3 is 2.18 bits per heavy atom. The van der Waals surface area contributed by atoms with Gasteiger partial charge in [0, 0.05) is 6.54 Å². The van der Waals surface area contributed by atoms with Gasteiger partial charge < -0.3 is 10.8 Å². The van der Waals surface area contributed by atoms with E-state index in [9.17, 15) is 13.5 Å². The van der Waals surface area contributed by atoms with Gasteiger partial charge in [-0.15, -0.1) is 0 Å². The Morgan fingerprint density at radius 2 is 1.76 bits per heavy atom. The van der Waals surface area contributed by atoms with E-state index >= 15 is 0 Å². The smallest absolute Gasteiger partial charge is 0.155 e. The fourth-order valence-corrected chi connectivity index (χ4v) is 2.40. The molecule has 1 aromatic rings. The highest BCUT2D eigenvalue weighted by molar-refractivity contribution is 7.92. The quantitative estimate of drug-likeness (QED) is 0.824. The molecule has 0 heterocycles. The summed E-state index contributed by atoms with van der Waals surface area (Å²) in [6.45, 7) is 3.65. The third kappa shape index (κ3) is 3.80. The predicted molar refractivity (Wildman–Crippen MR) is 68.2 cm³/mol. The predicted octanol–water partition coefficient (Wildman–Crippen LogP) is 1.00. The van der Waals surface area contributed by atoms with Crippen molar-refractivity contribution in [2.45, 2.75) is 31.7 Å². The molecule has 96 valence electrons. The van der Waals surface area contributed by atoms with Crippen molar-refractivity contribution in [2.75, 3.05) is 5.75 Å². The van der Waals surface area contributed by atoms with Crippen LogP contribution >= 0.6 is 0 Å². The molecule has 1 atom stereocenters. The average Bonchev–Trinajstić information content (AvgIpc) is 2.28. The van der Waals surface area contributed by atoms with Crippen LogP contribution < -0.4 is 5.73 Å². The number of aliphatic hydroxyl groups excluding tert-OH is 1. The Kier molecular flexibility index (Phi) is 4.68. The SMILES string of the molecule is CC(C)S(=O)(=O)CC(O)c1ccc(CN)cc1. The summed E-state index contributed by atoms with van der Waals surface area (Å²) >= 11 is 0. The number of rotatable bonds is 5. The molecule has 0 aliphatic carbocycles. The molecule has 0 fully saturated rings. The first kappa shape index (κ1) is 14.2. The van der Waals surface area contributed by atoms with Gasteiger partial charge in [0.05, 0.1) is 17.1 Å². The van der Waals surface area contributed by atoms with Crippen LogP contribution in [0.5, 0.6) is 0 Å². The first-order valence-corrected chi connectivity index (χ1v) is 7.27. The van der Waals surface area contributed by atoms with Crippen molar-refractivity contribution >= 4 is 9.84 Å². The zero-order valence-electron chi connectivity index (χ0n) is 10.1. The molecule has 1 rings (SSSR count). The first-order chi connectivity index (χ1) is 7.86. The van der Waals surface area contributed by atoms with Crippen LogP contribution in [0.3, 0.4) is 0 Å². The fourth-order valence-electron chi connectivity index (χ4n) is 1.38. The minimum absolute atomic E-state index is 0.243. The van der Waals surface area contributed by atoms with Crippen molar-refractivity contribution in [3.63, 3.8) is 0 Å². The lowest BCUT2D eigenvalue weighted by Crippen LogP contribution is -2.22. The van der Waals surface area contributed by atoms with E-state index in [-0.39, 0.29) is 5.75 Å². The molecule has 1 unspecified atom stereocenters. The van der Waals surface area contributed by atoms with E-state index in [4.69, 9.17) is 5.73 Å². The molecule has 3 N–H and O–H groups in total. The van der Waals surface area contributed by atoms with E-state index in [0.29, 0.717) is 12.1 Å². The highest BCUT2D eigenvalue weighted by Gasteiger charge is 2.21. The van der Waals surface area contributed by atoms with Gasteiger partial charge in [0.2, 0.25) is 0 Å². The van der Waals surface area contributed by atoms with E-state index in [1.54, 1.807) is 38.1 Å². The number of hydrogen-bond donors (Lipinski definition) is 2. The monoisotopic (exact) mass is 257 g/mol. The number of aliphatic hydroxyl groups is 1. The summed E-state index contributed by atoms with van der Waals surface area (Å²) in [5.41, 5.74) is 7.01. The summed E-state index contributed by atoms with van der Waals surface area (Å²) in [6, 6.07) is 7.01. The number of hydrogen-bond acceptors (Lipinski definition) is 4. The molecular weight excluding hydrogens is 238 g/mol. The second-order valence-corrected chi connectivity index (χ2v) is 6.94. The average molecular weight is 257 g/mol. The minimum atomic E-state index is -3.24.